The molecule has 4 rings (SSSR count). The summed E-state index contributed by atoms with van der Waals surface area (Å²) < 4.78 is 11.2. The van der Waals surface area contributed by atoms with Crippen LogP contribution in [0.4, 0.5) is 0 Å². The van der Waals surface area contributed by atoms with Gasteiger partial charge in [-0.3, -0.25) is 9.80 Å². The number of aromatic nitrogens is 1. The van der Waals surface area contributed by atoms with Crippen molar-refractivity contribution in [2.24, 2.45) is 5.41 Å². The van der Waals surface area contributed by atoms with Gasteiger partial charge in [-0.2, -0.15) is 0 Å². The van der Waals surface area contributed by atoms with Gasteiger partial charge >= 0.3 is 0 Å². The molecule has 0 amide bonds. The molecular weight excluding hydrogens is 338 g/mol. The monoisotopic (exact) mass is 369 g/mol. The highest BCUT2D eigenvalue weighted by Crippen LogP contribution is 2.39. The Bertz CT molecular complexity index is 726. The minimum absolute atomic E-state index is 0.448. The number of likely N-dealkylation sites (tertiary alicyclic amines) is 2. The first kappa shape index (κ1) is 18.5. The third-order valence-corrected chi connectivity index (χ3v) is 6.24. The molecule has 0 bridgehead atoms. The number of rotatable bonds is 6. The van der Waals surface area contributed by atoms with Gasteiger partial charge in [-0.1, -0.05) is 23.4 Å². The molecule has 0 N–H and O–H groups in total. The van der Waals surface area contributed by atoms with Gasteiger partial charge in [-0.15, -0.1) is 0 Å². The van der Waals surface area contributed by atoms with Crippen molar-refractivity contribution in [3.8, 4) is 5.75 Å². The minimum atomic E-state index is 0.448. The predicted octanol–water partition coefficient (Wildman–Crippen LogP) is 3.66. The molecule has 1 atom stereocenters. The molecule has 0 radical (unpaired) electrons. The van der Waals surface area contributed by atoms with Crippen molar-refractivity contribution in [3.05, 3.63) is 47.3 Å². The summed E-state index contributed by atoms with van der Waals surface area (Å²) in [6.45, 7) is 11.6. The smallest absolute Gasteiger partial charge is 0.138 e. The summed E-state index contributed by atoms with van der Waals surface area (Å²) >= 11 is 0. The normalized spacial score (nSPS) is 23.9. The fourth-order valence-corrected chi connectivity index (χ4v) is 4.76. The highest BCUT2D eigenvalue weighted by molar-refractivity contribution is 5.21. The summed E-state index contributed by atoms with van der Waals surface area (Å²) in [4.78, 5) is 5.20. The second kappa shape index (κ2) is 8.03. The molecule has 1 unspecified atom stereocenters. The Morgan fingerprint density at radius 3 is 2.67 bits per heavy atom. The number of aryl methyl sites for hydroxylation is 2. The van der Waals surface area contributed by atoms with E-state index in [0.29, 0.717) is 5.41 Å². The Labute approximate surface area is 162 Å². The van der Waals surface area contributed by atoms with E-state index >= 15 is 0 Å². The second-order valence-corrected chi connectivity index (χ2v) is 8.30. The van der Waals surface area contributed by atoms with Crippen molar-refractivity contribution in [1.82, 2.24) is 15.0 Å². The van der Waals surface area contributed by atoms with Crippen LogP contribution in [0.1, 0.15) is 36.3 Å². The van der Waals surface area contributed by atoms with E-state index in [4.69, 9.17) is 9.26 Å². The van der Waals surface area contributed by atoms with Gasteiger partial charge in [0.1, 0.15) is 18.1 Å². The lowest BCUT2D eigenvalue weighted by molar-refractivity contribution is 0.0804. The molecule has 2 saturated heterocycles. The zero-order valence-electron chi connectivity index (χ0n) is 16.6. The van der Waals surface area contributed by atoms with E-state index < -0.39 is 0 Å². The molecule has 146 valence electrons. The summed E-state index contributed by atoms with van der Waals surface area (Å²) in [6, 6.07) is 10.1. The van der Waals surface area contributed by atoms with Crippen LogP contribution < -0.4 is 4.74 Å². The maximum atomic E-state index is 5.91. The number of para-hydroxylation sites is 1. The van der Waals surface area contributed by atoms with Crippen molar-refractivity contribution in [2.45, 2.75) is 39.7 Å². The van der Waals surface area contributed by atoms with E-state index in [-0.39, 0.29) is 0 Å². The van der Waals surface area contributed by atoms with Crippen molar-refractivity contribution in [2.75, 3.05) is 39.3 Å². The maximum absolute atomic E-state index is 5.91. The van der Waals surface area contributed by atoms with Crippen molar-refractivity contribution in [1.29, 1.82) is 0 Å². The molecule has 1 aromatic carbocycles. The number of benzene rings is 1. The fourth-order valence-electron chi connectivity index (χ4n) is 4.76. The molecule has 0 saturated carbocycles. The fraction of sp³-hybridized carbons (Fsp3) is 0.591. The molecular formula is C22H31N3O2. The highest BCUT2D eigenvalue weighted by atomic mass is 16.5. The van der Waals surface area contributed by atoms with Crippen LogP contribution in [0.15, 0.2) is 34.9 Å². The average Bonchev–Trinajstić information content (AvgIpc) is 3.21. The van der Waals surface area contributed by atoms with Gasteiger partial charge < -0.3 is 9.26 Å². The number of piperidine rings is 1. The summed E-state index contributed by atoms with van der Waals surface area (Å²) in [5, 5.41) is 4.11. The number of hydrogen-bond acceptors (Lipinski definition) is 5. The van der Waals surface area contributed by atoms with E-state index in [1.807, 2.05) is 44.2 Å². The topological polar surface area (TPSA) is 41.7 Å². The van der Waals surface area contributed by atoms with Crippen LogP contribution in [0, 0.1) is 19.3 Å². The first-order chi connectivity index (χ1) is 13.1. The van der Waals surface area contributed by atoms with E-state index in [0.717, 1.165) is 36.9 Å². The summed E-state index contributed by atoms with van der Waals surface area (Å²) in [6.07, 6.45) is 3.94. The largest absolute Gasteiger partial charge is 0.492 e. The predicted molar refractivity (Wildman–Crippen MR) is 106 cm³/mol. The van der Waals surface area contributed by atoms with E-state index in [9.17, 15) is 0 Å². The van der Waals surface area contributed by atoms with Crippen LogP contribution in [0.2, 0.25) is 0 Å². The lowest BCUT2D eigenvalue weighted by atomic mass is 9.79. The standard InChI is InChI=1S/C22H31N3O2/c1-18-21(19(2)27-23-18)15-25-12-10-22(17-25)9-6-11-24(16-22)13-14-26-20-7-4-3-5-8-20/h3-5,7-8H,6,9-17H2,1-2H3. The highest BCUT2D eigenvalue weighted by Gasteiger charge is 2.41. The zero-order valence-corrected chi connectivity index (χ0v) is 16.6. The molecule has 3 heterocycles. The van der Waals surface area contributed by atoms with E-state index in [2.05, 4.69) is 15.0 Å². The van der Waals surface area contributed by atoms with Crippen molar-refractivity contribution in [3.63, 3.8) is 0 Å². The van der Waals surface area contributed by atoms with Gasteiger partial charge in [0.15, 0.2) is 0 Å². The Morgan fingerprint density at radius 1 is 1.07 bits per heavy atom. The third kappa shape index (κ3) is 4.36. The van der Waals surface area contributed by atoms with Crippen molar-refractivity contribution < 1.29 is 9.26 Å². The molecule has 2 fully saturated rings. The van der Waals surface area contributed by atoms with E-state index in [1.54, 1.807) is 0 Å². The van der Waals surface area contributed by atoms with Crippen LogP contribution >= 0.6 is 0 Å². The SMILES string of the molecule is Cc1noc(C)c1CN1CCC2(CCCN(CCOc3ccccc3)C2)C1. The molecule has 27 heavy (non-hydrogen) atoms. The van der Waals surface area contributed by atoms with E-state index in [1.165, 1.54) is 51.0 Å². The van der Waals surface area contributed by atoms with Crippen molar-refractivity contribution >= 4 is 0 Å². The first-order valence-electron chi connectivity index (χ1n) is 10.2. The number of nitrogens with zero attached hydrogens (tertiary/aromatic N) is 3. The Morgan fingerprint density at radius 2 is 1.89 bits per heavy atom. The zero-order chi connectivity index (χ0) is 18.7. The first-order valence-corrected chi connectivity index (χ1v) is 10.2. The van der Waals surface area contributed by atoms with Crippen LogP contribution in [-0.2, 0) is 6.54 Å². The molecule has 1 spiro atoms. The minimum Gasteiger partial charge on any atom is -0.492 e. The number of hydrogen-bond donors (Lipinski definition) is 0. The average molecular weight is 370 g/mol. The Hall–Kier alpha value is -1.85. The Kier molecular flexibility index (Phi) is 5.50. The van der Waals surface area contributed by atoms with Crippen LogP contribution in [0.25, 0.3) is 0 Å². The second-order valence-electron chi connectivity index (χ2n) is 8.30. The number of ether oxygens (including phenoxy) is 1. The molecule has 2 aliphatic rings. The lowest BCUT2D eigenvalue weighted by Crippen LogP contribution is -2.46. The summed E-state index contributed by atoms with van der Waals surface area (Å²) in [7, 11) is 0. The Balaban J connectivity index is 1.29. The molecule has 5 heteroatoms. The molecule has 0 aliphatic carbocycles. The molecule has 5 nitrogen and oxygen atoms in total. The van der Waals surface area contributed by atoms with Gasteiger partial charge in [-0.25, -0.2) is 0 Å². The van der Waals surface area contributed by atoms with Crippen LogP contribution in [-0.4, -0.2) is 54.3 Å². The summed E-state index contributed by atoms with van der Waals surface area (Å²) in [5.41, 5.74) is 2.76. The van der Waals surface area contributed by atoms with Gasteiger partial charge in [0, 0.05) is 31.7 Å². The van der Waals surface area contributed by atoms with Crippen LogP contribution in [0.5, 0.6) is 5.75 Å². The van der Waals surface area contributed by atoms with Gasteiger partial charge in [0.2, 0.25) is 0 Å². The third-order valence-electron chi connectivity index (χ3n) is 6.24. The maximum Gasteiger partial charge on any atom is 0.138 e. The molecule has 2 aromatic rings. The van der Waals surface area contributed by atoms with Crippen LogP contribution in [0.3, 0.4) is 0 Å². The molecule has 2 aliphatic heterocycles. The van der Waals surface area contributed by atoms with Gasteiger partial charge in [0.25, 0.3) is 0 Å². The molecule has 1 aromatic heterocycles. The van der Waals surface area contributed by atoms with Gasteiger partial charge in [-0.05, 0) is 63.7 Å². The lowest BCUT2D eigenvalue weighted by Gasteiger charge is -2.40. The summed E-state index contributed by atoms with van der Waals surface area (Å²) in [5.74, 6) is 1.94. The quantitative estimate of drug-likeness (QED) is 0.777. The van der Waals surface area contributed by atoms with Gasteiger partial charge in [0.05, 0.1) is 5.69 Å².